The van der Waals surface area contributed by atoms with Crippen molar-refractivity contribution < 1.29 is 28.7 Å². The molecule has 0 saturated carbocycles. The summed E-state index contributed by atoms with van der Waals surface area (Å²) in [5, 5.41) is 0. The minimum atomic E-state index is -0.492. The number of hydrogen-bond acceptors (Lipinski definition) is 6. The molecular formula is C18H20N2O6. The number of carbonyl (C=O) groups is 4. The van der Waals surface area contributed by atoms with Gasteiger partial charge in [-0.25, -0.2) is 0 Å². The van der Waals surface area contributed by atoms with E-state index in [1.165, 1.54) is 24.0 Å². The summed E-state index contributed by atoms with van der Waals surface area (Å²) in [6.45, 7) is 0.487. The topological polar surface area (TPSA) is 93.2 Å². The van der Waals surface area contributed by atoms with Crippen molar-refractivity contribution in [1.82, 2.24) is 0 Å². The summed E-state index contributed by atoms with van der Waals surface area (Å²) in [5.74, 6) is -2.14. The van der Waals surface area contributed by atoms with Gasteiger partial charge in [-0.05, 0) is 18.2 Å². The van der Waals surface area contributed by atoms with E-state index in [1.54, 1.807) is 24.3 Å². The fraction of sp³-hybridized carbons (Fsp3) is 0.444. The van der Waals surface area contributed by atoms with Crippen LogP contribution in [0.1, 0.15) is 12.8 Å². The number of methoxy groups -OCH3 is 2. The summed E-state index contributed by atoms with van der Waals surface area (Å²) in [7, 11) is 2.60. The van der Waals surface area contributed by atoms with E-state index in [0.29, 0.717) is 11.4 Å². The van der Waals surface area contributed by atoms with Crippen molar-refractivity contribution in [3.05, 3.63) is 24.3 Å². The number of rotatable bonds is 4. The van der Waals surface area contributed by atoms with E-state index in [0.717, 1.165) is 0 Å². The molecule has 138 valence electrons. The average Bonchev–Trinajstić information content (AvgIpc) is 3.23. The molecule has 2 aliphatic heterocycles. The lowest BCUT2D eigenvalue weighted by Crippen LogP contribution is -2.28. The third-order valence-corrected chi connectivity index (χ3v) is 4.77. The zero-order chi connectivity index (χ0) is 18.8. The third-order valence-electron chi connectivity index (χ3n) is 4.77. The molecule has 1 aromatic carbocycles. The summed E-state index contributed by atoms with van der Waals surface area (Å²) < 4.78 is 9.43. The molecule has 0 bridgehead atoms. The Labute approximate surface area is 150 Å². The van der Waals surface area contributed by atoms with Crippen LogP contribution in [0.4, 0.5) is 11.4 Å². The van der Waals surface area contributed by atoms with Crippen LogP contribution in [0.5, 0.6) is 0 Å². The maximum atomic E-state index is 12.3. The standard InChI is InChI=1S/C18H20N2O6/c1-25-17(23)11-6-15(21)19(9-11)13-4-3-5-14(8-13)20-10-12(7-16(20)22)18(24)26-2/h3-5,8,11-12H,6-7,9-10H2,1-2H3/t11-,12-/m0/s1. The molecule has 0 N–H and O–H groups in total. The predicted molar refractivity (Wildman–Crippen MR) is 91.4 cm³/mol. The van der Waals surface area contributed by atoms with Crippen LogP contribution in [0.15, 0.2) is 24.3 Å². The van der Waals surface area contributed by atoms with Crippen molar-refractivity contribution in [1.29, 1.82) is 0 Å². The lowest BCUT2D eigenvalue weighted by Gasteiger charge is -2.21. The van der Waals surface area contributed by atoms with E-state index in [2.05, 4.69) is 0 Å². The number of amides is 2. The molecule has 2 heterocycles. The van der Waals surface area contributed by atoms with Crippen molar-refractivity contribution in [3.8, 4) is 0 Å². The molecule has 0 radical (unpaired) electrons. The third kappa shape index (κ3) is 3.26. The molecule has 0 spiro atoms. The van der Waals surface area contributed by atoms with Gasteiger partial charge in [-0.3, -0.25) is 19.2 Å². The lowest BCUT2D eigenvalue weighted by molar-refractivity contribution is -0.145. The van der Waals surface area contributed by atoms with Crippen LogP contribution in [0.25, 0.3) is 0 Å². The van der Waals surface area contributed by atoms with E-state index in [-0.39, 0.29) is 37.7 Å². The molecule has 1 aromatic rings. The Morgan fingerprint density at radius 1 is 0.885 bits per heavy atom. The lowest BCUT2D eigenvalue weighted by atomic mass is 10.1. The van der Waals surface area contributed by atoms with Gasteiger partial charge in [0.2, 0.25) is 11.8 Å². The number of anilines is 2. The highest BCUT2D eigenvalue weighted by Gasteiger charge is 2.38. The highest BCUT2D eigenvalue weighted by atomic mass is 16.5. The van der Waals surface area contributed by atoms with E-state index in [1.807, 2.05) is 0 Å². The first-order chi connectivity index (χ1) is 12.4. The zero-order valence-electron chi connectivity index (χ0n) is 14.6. The molecule has 2 saturated heterocycles. The van der Waals surface area contributed by atoms with E-state index < -0.39 is 23.8 Å². The van der Waals surface area contributed by atoms with Gasteiger partial charge >= 0.3 is 11.9 Å². The molecule has 0 unspecified atom stereocenters. The number of ether oxygens (including phenoxy) is 2. The number of benzene rings is 1. The molecule has 2 atom stereocenters. The number of nitrogens with zero attached hydrogens (tertiary/aromatic N) is 2. The Morgan fingerprint density at radius 2 is 1.31 bits per heavy atom. The highest BCUT2D eigenvalue weighted by Crippen LogP contribution is 2.31. The Bertz CT molecular complexity index is 703. The summed E-state index contributed by atoms with van der Waals surface area (Å²) in [4.78, 5) is 50.9. The Morgan fingerprint density at radius 3 is 1.69 bits per heavy atom. The maximum absolute atomic E-state index is 12.3. The zero-order valence-corrected chi connectivity index (χ0v) is 14.6. The molecule has 26 heavy (non-hydrogen) atoms. The molecule has 2 aliphatic rings. The quantitative estimate of drug-likeness (QED) is 0.735. The second-order valence-electron chi connectivity index (χ2n) is 6.38. The Balaban J connectivity index is 1.79. The Hall–Kier alpha value is -2.90. The summed E-state index contributed by atoms with van der Waals surface area (Å²) in [6.07, 6.45) is 0.202. The second-order valence-corrected chi connectivity index (χ2v) is 6.38. The first-order valence-corrected chi connectivity index (χ1v) is 8.31. The van der Waals surface area contributed by atoms with Crippen LogP contribution in [-0.2, 0) is 28.7 Å². The van der Waals surface area contributed by atoms with Gasteiger partial charge in [0.1, 0.15) is 0 Å². The first-order valence-electron chi connectivity index (χ1n) is 8.31. The van der Waals surface area contributed by atoms with Crippen molar-refractivity contribution in [3.63, 3.8) is 0 Å². The van der Waals surface area contributed by atoms with Crippen LogP contribution in [-0.4, -0.2) is 51.1 Å². The maximum Gasteiger partial charge on any atom is 0.311 e. The second kappa shape index (κ2) is 7.15. The van der Waals surface area contributed by atoms with Gasteiger partial charge < -0.3 is 19.3 Å². The molecule has 0 aromatic heterocycles. The minimum Gasteiger partial charge on any atom is -0.469 e. The van der Waals surface area contributed by atoms with Crippen molar-refractivity contribution in [2.45, 2.75) is 12.8 Å². The molecule has 2 amide bonds. The average molecular weight is 360 g/mol. The fourth-order valence-corrected chi connectivity index (χ4v) is 3.39. The minimum absolute atomic E-state index is 0.101. The number of carbonyl (C=O) groups excluding carboxylic acids is 4. The van der Waals surface area contributed by atoms with Gasteiger partial charge in [-0.15, -0.1) is 0 Å². The van der Waals surface area contributed by atoms with Gasteiger partial charge in [0.05, 0.1) is 26.1 Å². The van der Waals surface area contributed by atoms with Gasteiger partial charge in [-0.1, -0.05) is 6.07 Å². The van der Waals surface area contributed by atoms with Crippen molar-refractivity contribution >= 4 is 35.1 Å². The number of esters is 2. The summed E-state index contributed by atoms with van der Waals surface area (Å²) in [5.41, 5.74) is 1.21. The Kier molecular flexibility index (Phi) is 4.92. The van der Waals surface area contributed by atoms with E-state index in [4.69, 9.17) is 9.47 Å². The molecule has 8 nitrogen and oxygen atoms in total. The normalized spacial score (nSPS) is 22.7. The van der Waals surface area contributed by atoms with Crippen molar-refractivity contribution in [2.75, 3.05) is 37.1 Å². The predicted octanol–water partition coefficient (Wildman–Crippen LogP) is 0.738. The molecule has 3 rings (SSSR count). The molecule has 8 heteroatoms. The van der Waals surface area contributed by atoms with Crippen LogP contribution < -0.4 is 9.80 Å². The summed E-state index contributed by atoms with van der Waals surface area (Å²) >= 11 is 0. The number of hydrogen-bond donors (Lipinski definition) is 0. The van der Waals surface area contributed by atoms with Gasteiger partial charge in [0, 0.05) is 37.3 Å². The molecule has 2 fully saturated rings. The molecule has 0 aliphatic carbocycles. The monoisotopic (exact) mass is 360 g/mol. The van der Waals surface area contributed by atoms with Crippen LogP contribution in [0.3, 0.4) is 0 Å². The largest absolute Gasteiger partial charge is 0.469 e. The van der Waals surface area contributed by atoms with E-state index >= 15 is 0 Å². The molecular weight excluding hydrogens is 340 g/mol. The van der Waals surface area contributed by atoms with E-state index in [9.17, 15) is 19.2 Å². The van der Waals surface area contributed by atoms with Crippen LogP contribution in [0.2, 0.25) is 0 Å². The fourth-order valence-electron chi connectivity index (χ4n) is 3.39. The summed E-state index contributed by atoms with van der Waals surface area (Å²) in [6, 6.07) is 6.95. The van der Waals surface area contributed by atoms with Gasteiger partial charge in [0.25, 0.3) is 0 Å². The van der Waals surface area contributed by atoms with Gasteiger partial charge in [0.15, 0.2) is 0 Å². The first kappa shape index (κ1) is 17.9. The van der Waals surface area contributed by atoms with Gasteiger partial charge in [-0.2, -0.15) is 0 Å². The van der Waals surface area contributed by atoms with Crippen LogP contribution >= 0.6 is 0 Å². The smallest absolute Gasteiger partial charge is 0.311 e. The van der Waals surface area contributed by atoms with Crippen molar-refractivity contribution in [2.24, 2.45) is 11.8 Å². The SMILES string of the molecule is COC(=O)[C@H]1CC(=O)N(c2cccc(N3C[C@@H](C(=O)OC)CC3=O)c2)C1. The highest BCUT2D eigenvalue weighted by molar-refractivity contribution is 6.02. The van der Waals surface area contributed by atoms with Crippen LogP contribution in [0, 0.1) is 11.8 Å².